The van der Waals surface area contributed by atoms with E-state index in [1.807, 2.05) is 0 Å². The van der Waals surface area contributed by atoms with Crippen molar-refractivity contribution in [3.63, 3.8) is 0 Å². The fourth-order valence-corrected chi connectivity index (χ4v) is 1.51. The molecule has 4 heteroatoms. The van der Waals surface area contributed by atoms with Gasteiger partial charge in [-0.3, -0.25) is 0 Å². The molecule has 1 atom stereocenters. The van der Waals surface area contributed by atoms with Crippen LogP contribution in [0.1, 0.15) is 18.9 Å². The van der Waals surface area contributed by atoms with E-state index in [1.54, 1.807) is 32.2 Å². The van der Waals surface area contributed by atoms with Gasteiger partial charge in [0.25, 0.3) is 0 Å². The first-order chi connectivity index (χ1) is 7.55. The summed E-state index contributed by atoms with van der Waals surface area (Å²) in [6.07, 6.45) is 0.690. The molecule has 0 aliphatic heterocycles. The van der Waals surface area contributed by atoms with E-state index in [0.717, 1.165) is 0 Å². The summed E-state index contributed by atoms with van der Waals surface area (Å²) in [6, 6.07) is 5.11. The highest BCUT2D eigenvalue weighted by Crippen LogP contribution is 2.34. The van der Waals surface area contributed by atoms with Gasteiger partial charge >= 0.3 is 0 Å². The molecule has 1 rings (SSSR count). The Kier molecular flexibility index (Phi) is 3.90. The van der Waals surface area contributed by atoms with Gasteiger partial charge in [-0.2, -0.15) is 0 Å². The molecule has 1 unspecified atom stereocenters. The Hall–Kier alpha value is -1.55. The number of hydrogen-bond donors (Lipinski definition) is 1. The Labute approximate surface area is 94.8 Å². The zero-order valence-electron chi connectivity index (χ0n) is 9.69. The molecule has 0 bridgehead atoms. The van der Waals surface area contributed by atoms with Gasteiger partial charge in [0.1, 0.15) is 17.8 Å². The molecule has 88 valence electrons. The molecule has 1 aromatic rings. The first-order valence-electron chi connectivity index (χ1n) is 4.93. The number of rotatable bonds is 5. The maximum Gasteiger partial charge on any atom is 0.125 e. The molecule has 0 fully saturated rings. The molecule has 0 saturated heterocycles. The van der Waals surface area contributed by atoms with Gasteiger partial charge in [0.2, 0.25) is 0 Å². The molecule has 0 aliphatic carbocycles. The van der Waals surface area contributed by atoms with Gasteiger partial charge in [-0.1, -0.05) is 0 Å². The largest absolute Gasteiger partial charge is 0.497 e. The summed E-state index contributed by atoms with van der Waals surface area (Å²) in [5.41, 5.74) is -0.705. The number of ether oxygens (including phenoxy) is 2. The number of aldehydes is 1. The number of aliphatic hydroxyl groups is 1. The maximum absolute atomic E-state index is 10.5. The summed E-state index contributed by atoms with van der Waals surface area (Å²) < 4.78 is 10.2. The van der Waals surface area contributed by atoms with Crippen molar-refractivity contribution in [3.8, 4) is 11.5 Å². The van der Waals surface area contributed by atoms with Crippen LogP contribution in [0.3, 0.4) is 0 Å². The Morgan fingerprint density at radius 1 is 1.38 bits per heavy atom. The van der Waals surface area contributed by atoms with Gasteiger partial charge in [-0.05, 0) is 25.1 Å². The molecule has 0 aromatic heterocycles. The van der Waals surface area contributed by atoms with E-state index in [9.17, 15) is 9.90 Å². The molecule has 0 aliphatic rings. The van der Waals surface area contributed by atoms with Gasteiger partial charge in [0, 0.05) is 12.0 Å². The van der Waals surface area contributed by atoms with Crippen LogP contribution in [0, 0.1) is 0 Å². The van der Waals surface area contributed by atoms with Crippen LogP contribution < -0.4 is 9.47 Å². The van der Waals surface area contributed by atoms with Crippen LogP contribution in [-0.4, -0.2) is 25.6 Å². The second-order valence-corrected chi connectivity index (χ2v) is 3.71. The highest BCUT2D eigenvalue weighted by molar-refractivity contribution is 5.54. The Morgan fingerprint density at radius 2 is 2.06 bits per heavy atom. The fourth-order valence-electron chi connectivity index (χ4n) is 1.51. The molecule has 4 nitrogen and oxygen atoms in total. The predicted octanol–water partition coefficient (Wildman–Crippen LogP) is 1.50. The average molecular weight is 224 g/mol. The number of benzene rings is 1. The van der Waals surface area contributed by atoms with Crippen LogP contribution in [0.25, 0.3) is 0 Å². The summed E-state index contributed by atoms with van der Waals surface area (Å²) in [6.45, 7) is 1.57. The minimum atomic E-state index is -1.25. The van der Waals surface area contributed by atoms with Crippen molar-refractivity contribution in [2.24, 2.45) is 0 Å². The third-order valence-corrected chi connectivity index (χ3v) is 2.47. The van der Waals surface area contributed by atoms with Crippen molar-refractivity contribution in [2.45, 2.75) is 18.9 Å². The molecule has 1 N–H and O–H groups in total. The highest BCUT2D eigenvalue weighted by Gasteiger charge is 2.26. The van der Waals surface area contributed by atoms with Gasteiger partial charge in [0.15, 0.2) is 0 Å². The minimum absolute atomic E-state index is 0.0104. The molecule has 0 spiro atoms. The van der Waals surface area contributed by atoms with Crippen LogP contribution in [0.2, 0.25) is 0 Å². The molecule has 1 aromatic carbocycles. The van der Waals surface area contributed by atoms with E-state index in [1.165, 1.54) is 7.11 Å². The lowest BCUT2D eigenvalue weighted by Crippen LogP contribution is -2.22. The molecular weight excluding hydrogens is 208 g/mol. The third-order valence-electron chi connectivity index (χ3n) is 2.47. The lowest BCUT2D eigenvalue weighted by molar-refractivity contribution is -0.112. The fraction of sp³-hybridized carbons (Fsp3) is 0.417. The minimum Gasteiger partial charge on any atom is -0.497 e. The standard InChI is InChI=1S/C12H16O4/c1-12(14,6-7-13)10-8-9(15-2)4-5-11(10)16-3/h4-5,7-8,14H,6H2,1-3H3. The number of carbonyl (C=O) groups is 1. The van der Waals surface area contributed by atoms with Crippen LogP contribution >= 0.6 is 0 Å². The highest BCUT2D eigenvalue weighted by atomic mass is 16.5. The van der Waals surface area contributed by atoms with E-state index in [0.29, 0.717) is 23.3 Å². The zero-order chi connectivity index (χ0) is 12.2. The van der Waals surface area contributed by atoms with Crippen molar-refractivity contribution >= 4 is 6.29 Å². The number of carbonyl (C=O) groups excluding carboxylic acids is 1. The smallest absolute Gasteiger partial charge is 0.125 e. The van der Waals surface area contributed by atoms with Crippen molar-refractivity contribution in [3.05, 3.63) is 23.8 Å². The van der Waals surface area contributed by atoms with Crippen LogP contribution in [0.5, 0.6) is 11.5 Å². The second kappa shape index (κ2) is 4.99. The Balaban J connectivity index is 3.22. The van der Waals surface area contributed by atoms with Crippen molar-refractivity contribution in [2.75, 3.05) is 14.2 Å². The predicted molar refractivity (Wildman–Crippen MR) is 59.8 cm³/mol. The maximum atomic E-state index is 10.5. The topological polar surface area (TPSA) is 55.8 Å². The van der Waals surface area contributed by atoms with E-state index in [4.69, 9.17) is 9.47 Å². The van der Waals surface area contributed by atoms with Gasteiger partial charge in [-0.15, -0.1) is 0 Å². The monoisotopic (exact) mass is 224 g/mol. The summed E-state index contributed by atoms with van der Waals surface area (Å²) in [5.74, 6) is 1.15. The van der Waals surface area contributed by atoms with Crippen molar-refractivity contribution in [1.29, 1.82) is 0 Å². The third kappa shape index (κ3) is 2.52. The molecule has 0 heterocycles. The molecule has 16 heavy (non-hydrogen) atoms. The SMILES string of the molecule is COc1ccc(OC)c(C(C)(O)CC=O)c1. The van der Waals surface area contributed by atoms with E-state index in [-0.39, 0.29) is 6.42 Å². The first kappa shape index (κ1) is 12.5. The molecule has 0 saturated carbocycles. The van der Waals surface area contributed by atoms with Crippen molar-refractivity contribution in [1.82, 2.24) is 0 Å². The van der Waals surface area contributed by atoms with E-state index < -0.39 is 5.60 Å². The van der Waals surface area contributed by atoms with Gasteiger partial charge < -0.3 is 19.4 Å². The lowest BCUT2D eigenvalue weighted by Gasteiger charge is -2.24. The van der Waals surface area contributed by atoms with E-state index >= 15 is 0 Å². The summed E-state index contributed by atoms with van der Waals surface area (Å²) in [7, 11) is 3.06. The normalized spacial score (nSPS) is 14.0. The van der Waals surface area contributed by atoms with Crippen LogP contribution in [0.4, 0.5) is 0 Å². The lowest BCUT2D eigenvalue weighted by atomic mass is 9.92. The number of methoxy groups -OCH3 is 2. The summed E-state index contributed by atoms with van der Waals surface area (Å²) in [5, 5.41) is 10.2. The van der Waals surface area contributed by atoms with E-state index in [2.05, 4.69) is 0 Å². The molecule has 0 amide bonds. The average Bonchev–Trinajstić information content (AvgIpc) is 2.28. The number of hydrogen-bond acceptors (Lipinski definition) is 4. The Morgan fingerprint density at radius 3 is 2.56 bits per heavy atom. The zero-order valence-corrected chi connectivity index (χ0v) is 9.69. The second-order valence-electron chi connectivity index (χ2n) is 3.71. The molecular formula is C12H16O4. The van der Waals surface area contributed by atoms with Gasteiger partial charge in [-0.25, -0.2) is 0 Å². The summed E-state index contributed by atoms with van der Waals surface area (Å²) >= 11 is 0. The van der Waals surface area contributed by atoms with Crippen LogP contribution in [0.15, 0.2) is 18.2 Å². The summed E-state index contributed by atoms with van der Waals surface area (Å²) in [4.78, 5) is 10.5. The quantitative estimate of drug-likeness (QED) is 0.770. The van der Waals surface area contributed by atoms with Gasteiger partial charge in [0.05, 0.1) is 19.8 Å². The van der Waals surface area contributed by atoms with Crippen molar-refractivity contribution < 1.29 is 19.4 Å². The molecule has 0 radical (unpaired) electrons. The Bertz CT molecular complexity index is 371. The first-order valence-corrected chi connectivity index (χ1v) is 4.93. The van der Waals surface area contributed by atoms with Crippen LogP contribution in [-0.2, 0) is 10.4 Å².